The van der Waals surface area contributed by atoms with E-state index in [9.17, 15) is 9.59 Å². The number of rotatable bonds is 5. The minimum Gasteiger partial charge on any atom is -0.497 e. The zero-order valence-electron chi connectivity index (χ0n) is 13.9. The van der Waals surface area contributed by atoms with Gasteiger partial charge in [-0.2, -0.15) is 0 Å². The lowest BCUT2D eigenvalue weighted by Crippen LogP contribution is -2.22. The molecule has 0 saturated carbocycles. The van der Waals surface area contributed by atoms with E-state index in [1.165, 1.54) is 28.0 Å². The van der Waals surface area contributed by atoms with Gasteiger partial charge in [-0.1, -0.05) is 12.1 Å². The Morgan fingerprint density at radius 2 is 2.00 bits per heavy atom. The number of amides is 1. The molecule has 0 bridgehead atoms. The van der Waals surface area contributed by atoms with Gasteiger partial charge in [-0.15, -0.1) is 11.3 Å². The molecule has 0 atom stereocenters. The molecule has 128 valence electrons. The number of thiazole rings is 1. The molecule has 1 N–H and O–H groups in total. The van der Waals surface area contributed by atoms with Crippen LogP contribution in [0.15, 0.2) is 52.8 Å². The molecule has 0 saturated heterocycles. The van der Waals surface area contributed by atoms with Crippen LogP contribution in [0.4, 0.5) is 5.13 Å². The topological polar surface area (TPSA) is 73.2 Å². The summed E-state index contributed by atoms with van der Waals surface area (Å²) in [7, 11) is 1.60. The number of benzene rings is 1. The van der Waals surface area contributed by atoms with Crippen LogP contribution in [0.3, 0.4) is 0 Å². The van der Waals surface area contributed by atoms with Gasteiger partial charge in [-0.05, 0) is 30.7 Å². The van der Waals surface area contributed by atoms with Gasteiger partial charge >= 0.3 is 0 Å². The van der Waals surface area contributed by atoms with Crippen molar-refractivity contribution in [1.29, 1.82) is 0 Å². The van der Waals surface area contributed by atoms with Crippen molar-refractivity contribution in [3.63, 3.8) is 0 Å². The third-order valence-electron chi connectivity index (χ3n) is 3.60. The van der Waals surface area contributed by atoms with Crippen LogP contribution in [0.2, 0.25) is 0 Å². The molecule has 0 fully saturated rings. The maximum atomic E-state index is 12.3. The summed E-state index contributed by atoms with van der Waals surface area (Å²) in [5, 5.41) is 5.14. The van der Waals surface area contributed by atoms with E-state index in [2.05, 4.69) is 10.3 Å². The molecule has 0 aliphatic heterocycles. The summed E-state index contributed by atoms with van der Waals surface area (Å²) < 4.78 is 6.63. The summed E-state index contributed by atoms with van der Waals surface area (Å²) >= 11 is 1.36. The van der Waals surface area contributed by atoms with Gasteiger partial charge < -0.3 is 9.30 Å². The van der Waals surface area contributed by atoms with Crippen molar-refractivity contribution >= 4 is 22.4 Å². The van der Waals surface area contributed by atoms with Crippen molar-refractivity contribution in [3.8, 4) is 5.75 Å². The van der Waals surface area contributed by atoms with E-state index in [4.69, 9.17) is 4.74 Å². The first-order valence-electron chi connectivity index (χ1n) is 7.62. The number of carbonyl (C=O) groups is 1. The molecule has 6 nitrogen and oxygen atoms in total. The minimum absolute atomic E-state index is 0.169. The Morgan fingerprint density at radius 3 is 2.64 bits per heavy atom. The highest BCUT2D eigenvalue weighted by molar-refractivity contribution is 7.13. The smallest absolute Gasteiger partial charge is 0.258 e. The predicted molar refractivity (Wildman–Crippen MR) is 97.6 cm³/mol. The molecule has 25 heavy (non-hydrogen) atoms. The van der Waals surface area contributed by atoms with Gasteiger partial charge in [0.15, 0.2) is 5.13 Å². The Balaban J connectivity index is 1.79. The number of hydrogen-bond donors (Lipinski definition) is 1. The fraction of sp³-hybridized carbons (Fsp3) is 0.167. The van der Waals surface area contributed by atoms with Crippen molar-refractivity contribution < 1.29 is 9.53 Å². The van der Waals surface area contributed by atoms with E-state index >= 15 is 0 Å². The third-order valence-corrected chi connectivity index (χ3v) is 4.47. The number of anilines is 1. The summed E-state index contributed by atoms with van der Waals surface area (Å²) in [5.41, 5.74) is 2.03. The number of aromatic nitrogens is 2. The molecule has 0 aliphatic carbocycles. The summed E-state index contributed by atoms with van der Waals surface area (Å²) in [5.74, 6) is 0.459. The average molecular weight is 355 g/mol. The summed E-state index contributed by atoms with van der Waals surface area (Å²) in [4.78, 5) is 28.6. The normalized spacial score (nSPS) is 10.5. The predicted octanol–water partition coefficient (Wildman–Crippen LogP) is 2.92. The van der Waals surface area contributed by atoms with E-state index in [0.29, 0.717) is 17.2 Å². The monoisotopic (exact) mass is 355 g/mol. The van der Waals surface area contributed by atoms with Crippen molar-refractivity contribution in [2.45, 2.75) is 13.5 Å². The summed E-state index contributed by atoms with van der Waals surface area (Å²) in [6.07, 6.45) is 1.56. The van der Waals surface area contributed by atoms with Crippen LogP contribution < -0.4 is 15.6 Å². The van der Waals surface area contributed by atoms with E-state index < -0.39 is 0 Å². The molecule has 3 rings (SSSR count). The van der Waals surface area contributed by atoms with Crippen molar-refractivity contribution in [1.82, 2.24) is 9.55 Å². The number of pyridine rings is 1. The van der Waals surface area contributed by atoms with Gasteiger partial charge in [0.05, 0.1) is 24.9 Å². The highest BCUT2D eigenvalue weighted by Gasteiger charge is 2.10. The number of methoxy groups -OCH3 is 1. The molecular weight excluding hydrogens is 338 g/mol. The Bertz CT molecular complexity index is 945. The number of carbonyl (C=O) groups excluding carboxylic acids is 1. The maximum absolute atomic E-state index is 12.3. The van der Waals surface area contributed by atoms with Crippen LogP contribution in [0.1, 0.15) is 21.6 Å². The lowest BCUT2D eigenvalue weighted by molar-refractivity contribution is 0.102. The summed E-state index contributed by atoms with van der Waals surface area (Å²) in [6.45, 7) is 2.24. The van der Waals surface area contributed by atoms with Gasteiger partial charge in [0, 0.05) is 17.6 Å². The van der Waals surface area contributed by atoms with Crippen LogP contribution >= 0.6 is 11.3 Å². The van der Waals surface area contributed by atoms with Crippen LogP contribution in [0, 0.1) is 6.92 Å². The van der Waals surface area contributed by atoms with E-state index in [0.717, 1.165) is 17.0 Å². The second-order valence-electron chi connectivity index (χ2n) is 5.48. The molecule has 0 unspecified atom stereocenters. The number of hydrogen-bond acceptors (Lipinski definition) is 5. The van der Waals surface area contributed by atoms with E-state index in [1.807, 2.05) is 36.6 Å². The molecule has 3 aromatic rings. The first-order chi connectivity index (χ1) is 12.0. The standard InChI is InChI=1S/C18H17N3O3S/c1-12-11-25-18(19-12)20-17(23)14-5-8-16(22)21(10-14)9-13-3-6-15(24-2)7-4-13/h3-8,10-11H,9H2,1-2H3,(H,19,20,23). The van der Waals surface area contributed by atoms with E-state index in [-0.39, 0.29) is 11.5 Å². The maximum Gasteiger partial charge on any atom is 0.258 e. The molecule has 0 spiro atoms. The molecule has 1 aromatic carbocycles. The average Bonchev–Trinajstić information content (AvgIpc) is 3.02. The Hall–Kier alpha value is -2.93. The SMILES string of the molecule is COc1ccc(Cn2cc(C(=O)Nc3nc(C)cs3)ccc2=O)cc1. The largest absolute Gasteiger partial charge is 0.497 e. The van der Waals surface area contributed by atoms with Crippen molar-refractivity contribution in [2.75, 3.05) is 12.4 Å². The zero-order valence-corrected chi connectivity index (χ0v) is 14.7. The lowest BCUT2D eigenvalue weighted by atomic mass is 10.2. The fourth-order valence-electron chi connectivity index (χ4n) is 2.30. The van der Waals surface area contributed by atoms with Gasteiger partial charge in [0.1, 0.15) is 5.75 Å². The Kier molecular flexibility index (Phi) is 4.95. The van der Waals surface area contributed by atoms with Crippen molar-refractivity contribution in [2.24, 2.45) is 0 Å². The molecule has 0 aliphatic rings. The first-order valence-corrected chi connectivity index (χ1v) is 8.50. The van der Waals surface area contributed by atoms with Crippen molar-refractivity contribution in [3.05, 3.63) is 75.1 Å². The second-order valence-corrected chi connectivity index (χ2v) is 6.34. The Morgan fingerprint density at radius 1 is 1.24 bits per heavy atom. The molecule has 2 aromatic heterocycles. The second kappa shape index (κ2) is 7.31. The van der Waals surface area contributed by atoms with Gasteiger partial charge in [-0.25, -0.2) is 4.98 Å². The van der Waals surface area contributed by atoms with Crippen LogP contribution in [0.25, 0.3) is 0 Å². The zero-order chi connectivity index (χ0) is 17.8. The first kappa shape index (κ1) is 16.9. The highest BCUT2D eigenvalue weighted by atomic mass is 32.1. The molecule has 0 radical (unpaired) electrons. The van der Waals surface area contributed by atoms with Gasteiger partial charge in [0.25, 0.3) is 11.5 Å². The molecule has 7 heteroatoms. The number of nitrogens with zero attached hydrogens (tertiary/aromatic N) is 2. The minimum atomic E-state index is -0.294. The van der Waals surface area contributed by atoms with Crippen LogP contribution in [-0.4, -0.2) is 22.6 Å². The number of nitrogens with one attached hydrogen (secondary N) is 1. The highest BCUT2D eigenvalue weighted by Crippen LogP contribution is 2.16. The molecule has 2 heterocycles. The fourth-order valence-corrected chi connectivity index (χ4v) is 2.98. The van der Waals surface area contributed by atoms with Gasteiger partial charge in [-0.3, -0.25) is 14.9 Å². The third kappa shape index (κ3) is 4.13. The quantitative estimate of drug-likeness (QED) is 0.764. The molecular formula is C18H17N3O3S. The van der Waals surface area contributed by atoms with Crippen LogP contribution in [0.5, 0.6) is 5.75 Å². The van der Waals surface area contributed by atoms with E-state index in [1.54, 1.807) is 13.3 Å². The number of ether oxygens (including phenoxy) is 1. The van der Waals surface area contributed by atoms with Gasteiger partial charge in [0.2, 0.25) is 0 Å². The summed E-state index contributed by atoms with van der Waals surface area (Å²) in [6, 6.07) is 10.4. The lowest BCUT2D eigenvalue weighted by Gasteiger charge is -2.09. The molecule has 1 amide bonds. The number of aryl methyl sites for hydroxylation is 1. The Labute approximate surface area is 148 Å². The van der Waals surface area contributed by atoms with Crippen LogP contribution in [-0.2, 0) is 6.54 Å².